The maximum atomic E-state index is 12.7. The summed E-state index contributed by atoms with van der Waals surface area (Å²) in [6.07, 6.45) is -3.39. The lowest BCUT2D eigenvalue weighted by molar-refractivity contribution is -0.137. The highest BCUT2D eigenvalue weighted by Gasteiger charge is 2.30. The number of carbonyl (C=O) groups excluding carboxylic acids is 1. The van der Waals surface area contributed by atoms with Crippen LogP contribution in [0.3, 0.4) is 0 Å². The smallest absolute Gasteiger partial charge is 0.352 e. The van der Waals surface area contributed by atoms with Gasteiger partial charge in [0.05, 0.1) is 5.56 Å². The van der Waals surface area contributed by atoms with Crippen molar-refractivity contribution in [3.05, 3.63) is 65.2 Å². The molecule has 2 aromatic rings. The van der Waals surface area contributed by atoms with Crippen molar-refractivity contribution < 1.29 is 18.0 Å². The van der Waals surface area contributed by atoms with E-state index in [0.717, 1.165) is 48.5 Å². The van der Waals surface area contributed by atoms with Crippen molar-refractivity contribution in [3.8, 4) is 0 Å². The summed E-state index contributed by atoms with van der Waals surface area (Å²) in [5.41, 5.74) is 1.99. The van der Waals surface area contributed by atoms with Crippen molar-refractivity contribution in [3.63, 3.8) is 0 Å². The standard InChI is InChI=1S/C23H28F3N5O.HI/c1-16(32)29-20-5-3-4-18(12-20)13-28-22(27-2)30-21-10-11-31(15-21)14-17-6-8-19(9-7-17)23(24,25)26;/h3-9,12,21H,10-11,13-15H2,1-2H3,(H,29,32)(H2,27,28,30);1H. The average Bonchev–Trinajstić information content (AvgIpc) is 3.17. The summed E-state index contributed by atoms with van der Waals surface area (Å²) in [6.45, 7) is 4.26. The minimum absolute atomic E-state index is 0. The monoisotopic (exact) mass is 575 g/mol. The molecule has 3 rings (SSSR count). The van der Waals surface area contributed by atoms with Gasteiger partial charge in [-0.1, -0.05) is 24.3 Å². The van der Waals surface area contributed by atoms with E-state index in [-0.39, 0.29) is 35.9 Å². The molecule has 0 radical (unpaired) electrons. The second-order valence-corrected chi connectivity index (χ2v) is 7.87. The maximum Gasteiger partial charge on any atom is 0.416 e. The molecule has 0 saturated carbocycles. The van der Waals surface area contributed by atoms with Gasteiger partial charge in [0, 0.05) is 51.9 Å². The van der Waals surface area contributed by atoms with Crippen LogP contribution in [0.5, 0.6) is 0 Å². The van der Waals surface area contributed by atoms with Crippen LogP contribution in [0.1, 0.15) is 30.0 Å². The van der Waals surface area contributed by atoms with E-state index in [9.17, 15) is 18.0 Å². The second-order valence-electron chi connectivity index (χ2n) is 7.87. The predicted molar refractivity (Wildman–Crippen MR) is 135 cm³/mol. The van der Waals surface area contributed by atoms with E-state index < -0.39 is 11.7 Å². The van der Waals surface area contributed by atoms with E-state index in [1.54, 1.807) is 19.2 Å². The third kappa shape index (κ3) is 8.50. The Morgan fingerprint density at radius 2 is 1.88 bits per heavy atom. The summed E-state index contributed by atoms with van der Waals surface area (Å²) in [6, 6.07) is 13.1. The van der Waals surface area contributed by atoms with Gasteiger partial charge in [-0.05, 0) is 41.8 Å². The molecule has 1 aliphatic rings. The Balaban J connectivity index is 0.00000385. The topological polar surface area (TPSA) is 68.8 Å². The number of guanidine groups is 1. The highest BCUT2D eigenvalue weighted by atomic mass is 127. The lowest BCUT2D eigenvalue weighted by Crippen LogP contribution is -2.44. The van der Waals surface area contributed by atoms with Gasteiger partial charge < -0.3 is 16.0 Å². The summed E-state index contributed by atoms with van der Waals surface area (Å²) < 4.78 is 38.2. The molecule has 0 aliphatic carbocycles. The third-order valence-corrected chi connectivity index (χ3v) is 5.23. The lowest BCUT2D eigenvalue weighted by Gasteiger charge is -2.19. The zero-order valence-corrected chi connectivity index (χ0v) is 20.9. The van der Waals surface area contributed by atoms with Crippen LogP contribution in [0, 0.1) is 0 Å². The van der Waals surface area contributed by atoms with E-state index in [1.807, 2.05) is 24.3 Å². The van der Waals surface area contributed by atoms with Crippen molar-refractivity contribution >= 4 is 41.5 Å². The number of alkyl halides is 3. The summed E-state index contributed by atoms with van der Waals surface area (Å²) in [7, 11) is 1.71. The summed E-state index contributed by atoms with van der Waals surface area (Å²) in [5, 5.41) is 9.45. The van der Waals surface area contributed by atoms with Gasteiger partial charge in [0.25, 0.3) is 0 Å². The lowest BCUT2D eigenvalue weighted by atomic mass is 10.1. The predicted octanol–water partition coefficient (Wildman–Crippen LogP) is 4.22. The molecule has 0 spiro atoms. The van der Waals surface area contributed by atoms with Gasteiger partial charge in [-0.2, -0.15) is 13.2 Å². The van der Waals surface area contributed by atoms with Gasteiger partial charge in [-0.15, -0.1) is 24.0 Å². The molecule has 0 aromatic heterocycles. The van der Waals surface area contributed by atoms with Crippen molar-refractivity contribution in [1.29, 1.82) is 0 Å². The molecule has 0 bridgehead atoms. The first-order chi connectivity index (χ1) is 15.2. The fourth-order valence-corrected chi connectivity index (χ4v) is 3.69. The first kappa shape index (κ1) is 26.9. The number of hydrogen-bond acceptors (Lipinski definition) is 3. The van der Waals surface area contributed by atoms with Crippen LogP contribution in [0.2, 0.25) is 0 Å². The number of hydrogen-bond donors (Lipinski definition) is 3. The Labute approximate surface area is 209 Å². The number of halogens is 4. The average molecular weight is 575 g/mol. The minimum Gasteiger partial charge on any atom is -0.352 e. The molecule has 1 amide bonds. The highest BCUT2D eigenvalue weighted by molar-refractivity contribution is 14.0. The Hall–Kier alpha value is -2.34. The van der Waals surface area contributed by atoms with Gasteiger partial charge >= 0.3 is 6.18 Å². The Bertz CT molecular complexity index is 950. The van der Waals surface area contributed by atoms with Gasteiger partial charge in [0.2, 0.25) is 5.91 Å². The first-order valence-corrected chi connectivity index (χ1v) is 10.4. The van der Waals surface area contributed by atoms with Crippen LogP contribution in [0.15, 0.2) is 53.5 Å². The van der Waals surface area contributed by atoms with E-state index >= 15 is 0 Å². The SMILES string of the molecule is CN=C(NCc1cccc(NC(C)=O)c1)NC1CCN(Cc2ccc(C(F)(F)F)cc2)C1.I. The quantitative estimate of drug-likeness (QED) is 0.274. The van der Waals surface area contributed by atoms with Gasteiger partial charge in [0.1, 0.15) is 0 Å². The minimum atomic E-state index is -4.31. The molecule has 1 unspecified atom stereocenters. The molecule has 1 aliphatic heterocycles. The Kier molecular flexibility index (Phi) is 9.96. The normalized spacial score (nSPS) is 16.8. The number of rotatable bonds is 6. The molecule has 180 valence electrons. The molecular weight excluding hydrogens is 546 g/mol. The molecule has 1 saturated heterocycles. The number of benzene rings is 2. The van der Waals surface area contributed by atoms with Gasteiger partial charge in [0.15, 0.2) is 5.96 Å². The molecule has 3 N–H and O–H groups in total. The zero-order valence-electron chi connectivity index (χ0n) is 18.6. The van der Waals surface area contributed by atoms with Crippen LogP contribution in [0.25, 0.3) is 0 Å². The Morgan fingerprint density at radius 1 is 1.15 bits per heavy atom. The fraction of sp³-hybridized carbons (Fsp3) is 0.391. The number of nitrogens with zero attached hydrogens (tertiary/aromatic N) is 2. The number of aliphatic imine (C=N–C) groups is 1. The van der Waals surface area contributed by atoms with Crippen LogP contribution >= 0.6 is 24.0 Å². The third-order valence-electron chi connectivity index (χ3n) is 5.23. The number of likely N-dealkylation sites (tertiary alicyclic amines) is 1. The first-order valence-electron chi connectivity index (χ1n) is 10.4. The molecule has 6 nitrogen and oxygen atoms in total. The number of amides is 1. The van der Waals surface area contributed by atoms with Crippen molar-refractivity contribution in [2.45, 2.75) is 38.7 Å². The van der Waals surface area contributed by atoms with E-state index in [2.05, 4.69) is 25.8 Å². The van der Waals surface area contributed by atoms with E-state index in [4.69, 9.17) is 0 Å². The van der Waals surface area contributed by atoms with E-state index in [0.29, 0.717) is 19.0 Å². The van der Waals surface area contributed by atoms with Crippen LogP contribution in [-0.2, 0) is 24.1 Å². The molecule has 2 aromatic carbocycles. The van der Waals surface area contributed by atoms with Crippen molar-refractivity contribution in [2.75, 3.05) is 25.5 Å². The van der Waals surface area contributed by atoms with Crippen molar-refractivity contribution in [1.82, 2.24) is 15.5 Å². The van der Waals surface area contributed by atoms with Gasteiger partial charge in [-0.25, -0.2) is 0 Å². The van der Waals surface area contributed by atoms with Crippen LogP contribution < -0.4 is 16.0 Å². The molecular formula is C23H29F3IN5O. The van der Waals surface area contributed by atoms with Crippen molar-refractivity contribution in [2.24, 2.45) is 4.99 Å². The number of anilines is 1. The number of nitrogens with one attached hydrogen (secondary N) is 3. The van der Waals surface area contributed by atoms with Gasteiger partial charge in [-0.3, -0.25) is 14.7 Å². The fourth-order valence-electron chi connectivity index (χ4n) is 3.69. The number of carbonyl (C=O) groups is 1. The van der Waals surface area contributed by atoms with Crippen LogP contribution in [0.4, 0.5) is 18.9 Å². The maximum absolute atomic E-state index is 12.7. The summed E-state index contributed by atoms with van der Waals surface area (Å²) in [4.78, 5) is 17.7. The highest BCUT2D eigenvalue weighted by Crippen LogP contribution is 2.29. The van der Waals surface area contributed by atoms with Crippen LogP contribution in [-0.4, -0.2) is 42.9 Å². The molecule has 33 heavy (non-hydrogen) atoms. The molecule has 1 atom stereocenters. The summed E-state index contributed by atoms with van der Waals surface area (Å²) in [5.74, 6) is 0.561. The largest absolute Gasteiger partial charge is 0.416 e. The molecule has 1 fully saturated rings. The molecule has 1 heterocycles. The summed E-state index contributed by atoms with van der Waals surface area (Å²) >= 11 is 0. The Morgan fingerprint density at radius 3 is 2.52 bits per heavy atom. The second kappa shape index (κ2) is 12.2. The zero-order chi connectivity index (χ0) is 23.1. The van der Waals surface area contributed by atoms with E-state index in [1.165, 1.54) is 6.92 Å². The molecule has 10 heteroatoms.